The molecular weight excluding hydrogens is 270 g/mol. The lowest BCUT2D eigenvalue weighted by molar-refractivity contribution is 0.0474. The van der Waals surface area contributed by atoms with Crippen molar-refractivity contribution in [3.05, 3.63) is 34.9 Å². The van der Waals surface area contributed by atoms with Crippen LogP contribution in [0.2, 0.25) is 0 Å². The highest BCUT2D eigenvalue weighted by molar-refractivity contribution is 6.41. The van der Waals surface area contributed by atoms with Gasteiger partial charge < -0.3 is 5.73 Å². The minimum Gasteiger partial charge on any atom is -0.382 e. The van der Waals surface area contributed by atoms with Gasteiger partial charge in [-0.25, -0.2) is 4.99 Å². The van der Waals surface area contributed by atoms with E-state index in [4.69, 9.17) is 15.7 Å². The Kier molecular flexibility index (Phi) is 2.55. The molecule has 1 heterocycles. The van der Waals surface area contributed by atoms with Crippen molar-refractivity contribution in [2.24, 2.45) is 21.1 Å². The molecule has 0 aromatic heterocycles. The fraction of sp³-hybridized carbons (Fsp3) is 0.579. The summed E-state index contributed by atoms with van der Waals surface area (Å²) in [5, 5.41) is 0. The Bertz CT molecular complexity index is 697. The molecule has 22 heavy (non-hydrogen) atoms. The van der Waals surface area contributed by atoms with Gasteiger partial charge in [-0.15, -0.1) is 0 Å². The van der Waals surface area contributed by atoms with Crippen LogP contribution in [-0.2, 0) is 17.5 Å². The summed E-state index contributed by atoms with van der Waals surface area (Å²) < 4.78 is 0. The summed E-state index contributed by atoms with van der Waals surface area (Å²) in [4.78, 5) is 9.96. The predicted molar refractivity (Wildman–Crippen MR) is 91.5 cm³/mol. The van der Waals surface area contributed by atoms with Crippen LogP contribution in [0.4, 0.5) is 0 Å². The van der Waals surface area contributed by atoms with E-state index in [0.29, 0.717) is 5.84 Å². The topological polar surface area (TPSA) is 50.7 Å². The molecule has 116 valence electrons. The Morgan fingerprint density at radius 1 is 1.14 bits per heavy atom. The average molecular weight is 295 g/mol. The first-order valence-electron chi connectivity index (χ1n) is 8.34. The molecule has 3 aliphatic rings. The van der Waals surface area contributed by atoms with Gasteiger partial charge in [-0.05, 0) is 42.7 Å². The molecule has 1 aromatic carbocycles. The summed E-state index contributed by atoms with van der Waals surface area (Å²) in [6.07, 6.45) is 4.80. The van der Waals surface area contributed by atoms with Crippen molar-refractivity contribution >= 4 is 11.5 Å². The normalized spacial score (nSPS) is 28.5. The fourth-order valence-corrected chi connectivity index (χ4v) is 4.36. The van der Waals surface area contributed by atoms with E-state index in [9.17, 15) is 0 Å². The molecule has 2 aliphatic carbocycles. The highest BCUT2D eigenvalue weighted by Gasteiger charge is 2.62. The number of nitrogens with zero attached hydrogens (tertiary/aromatic N) is 2. The van der Waals surface area contributed by atoms with Gasteiger partial charge in [0.2, 0.25) is 0 Å². The van der Waals surface area contributed by atoms with Crippen molar-refractivity contribution in [3.63, 3.8) is 0 Å². The van der Waals surface area contributed by atoms with Gasteiger partial charge in [-0.3, -0.25) is 4.99 Å². The number of aliphatic imine (C=N–C) groups is 2. The second-order valence-corrected chi connectivity index (χ2v) is 8.30. The van der Waals surface area contributed by atoms with Crippen LogP contribution in [0.1, 0.15) is 63.6 Å². The molecule has 0 radical (unpaired) electrons. The molecular formula is C19H25N3. The van der Waals surface area contributed by atoms with Crippen molar-refractivity contribution in [1.82, 2.24) is 0 Å². The summed E-state index contributed by atoms with van der Waals surface area (Å²) >= 11 is 0. The van der Waals surface area contributed by atoms with Crippen molar-refractivity contribution in [2.45, 2.75) is 64.5 Å². The van der Waals surface area contributed by atoms with Gasteiger partial charge in [0.15, 0.2) is 5.66 Å². The smallest absolute Gasteiger partial charge is 0.184 e. The second-order valence-electron chi connectivity index (χ2n) is 8.30. The molecule has 0 saturated heterocycles. The van der Waals surface area contributed by atoms with Gasteiger partial charge in [0, 0.05) is 11.0 Å². The summed E-state index contributed by atoms with van der Waals surface area (Å²) in [6.45, 7) is 8.77. The van der Waals surface area contributed by atoms with E-state index in [0.717, 1.165) is 12.1 Å². The quantitative estimate of drug-likeness (QED) is 0.779. The summed E-state index contributed by atoms with van der Waals surface area (Å²) in [6, 6.07) is 6.93. The Labute approximate surface area is 132 Å². The number of rotatable bonds is 0. The minimum atomic E-state index is -0.435. The van der Waals surface area contributed by atoms with E-state index in [1.165, 1.54) is 36.0 Å². The Morgan fingerprint density at radius 2 is 1.86 bits per heavy atom. The number of nitrogens with two attached hydrogens (primary N) is 1. The Balaban J connectivity index is 1.95. The number of benzene rings is 1. The van der Waals surface area contributed by atoms with E-state index in [2.05, 4.69) is 39.0 Å². The summed E-state index contributed by atoms with van der Waals surface area (Å²) in [7, 11) is 0. The number of hydrogen-bond acceptors (Lipinski definition) is 3. The van der Waals surface area contributed by atoms with Gasteiger partial charge in [0.25, 0.3) is 0 Å². The van der Waals surface area contributed by atoms with E-state index in [1.807, 2.05) is 6.92 Å². The van der Waals surface area contributed by atoms with Crippen LogP contribution < -0.4 is 5.73 Å². The van der Waals surface area contributed by atoms with Crippen LogP contribution in [-0.4, -0.2) is 11.5 Å². The van der Waals surface area contributed by atoms with Gasteiger partial charge >= 0.3 is 0 Å². The zero-order chi connectivity index (χ0) is 15.8. The average Bonchev–Trinajstić information content (AvgIpc) is 2.84. The largest absolute Gasteiger partial charge is 0.382 e. The maximum absolute atomic E-state index is 6.13. The first kappa shape index (κ1) is 14.0. The lowest BCUT2D eigenvalue weighted by Crippen LogP contribution is -2.44. The minimum absolute atomic E-state index is 0.137. The first-order chi connectivity index (χ1) is 10.3. The second kappa shape index (κ2) is 4.01. The van der Waals surface area contributed by atoms with Crippen molar-refractivity contribution in [3.8, 4) is 0 Å². The van der Waals surface area contributed by atoms with Crippen LogP contribution in [0.15, 0.2) is 28.2 Å². The van der Waals surface area contributed by atoms with E-state index in [-0.39, 0.29) is 10.8 Å². The number of fused-ring (bicyclic) bond motifs is 3. The van der Waals surface area contributed by atoms with E-state index < -0.39 is 5.66 Å². The molecule has 2 N–H and O–H groups in total. The summed E-state index contributed by atoms with van der Waals surface area (Å²) in [5.74, 6) is 0.625. The maximum atomic E-state index is 6.13. The van der Waals surface area contributed by atoms with Crippen LogP contribution in [0.5, 0.6) is 0 Å². The van der Waals surface area contributed by atoms with E-state index in [1.54, 1.807) is 0 Å². The van der Waals surface area contributed by atoms with Crippen molar-refractivity contribution in [2.75, 3.05) is 0 Å². The molecule has 1 aliphatic heterocycles. The third-order valence-corrected chi connectivity index (χ3v) is 5.91. The highest BCUT2D eigenvalue weighted by atomic mass is 15.2. The molecule has 0 bridgehead atoms. The standard InChI is InChI=1S/C19H25N3/c1-12-16(20)22-19(21-12)15-10-14(17(2,3)4)7-6-13(15)11-18(19)8-5-9-18/h6-7,10H,5,8-9,11H2,1-4H3,(H2,20,22). The lowest BCUT2D eigenvalue weighted by Gasteiger charge is -2.47. The van der Waals surface area contributed by atoms with Crippen LogP contribution in [0.25, 0.3) is 0 Å². The maximum Gasteiger partial charge on any atom is 0.184 e. The molecule has 4 rings (SSSR count). The fourth-order valence-electron chi connectivity index (χ4n) is 4.36. The van der Waals surface area contributed by atoms with Crippen LogP contribution in [0.3, 0.4) is 0 Å². The van der Waals surface area contributed by atoms with Gasteiger partial charge in [0.1, 0.15) is 5.84 Å². The SMILES string of the molecule is CC1=NC2(N=C1N)c1cc(C(C)(C)C)ccc1CC21CCC1. The molecule has 3 heteroatoms. The predicted octanol–water partition coefficient (Wildman–Crippen LogP) is 3.70. The van der Waals surface area contributed by atoms with Gasteiger partial charge in [-0.1, -0.05) is 45.4 Å². The Hall–Kier alpha value is -1.64. The lowest BCUT2D eigenvalue weighted by atomic mass is 9.61. The molecule has 1 saturated carbocycles. The summed E-state index contributed by atoms with van der Waals surface area (Å²) in [5.41, 5.74) is 11.0. The monoisotopic (exact) mass is 295 g/mol. The van der Waals surface area contributed by atoms with Crippen LogP contribution in [0, 0.1) is 5.41 Å². The number of hydrogen-bond donors (Lipinski definition) is 1. The molecule has 3 nitrogen and oxygen atoms in total. The zero-order valence-electron chi connectivity index (χ0n) is 14.0. The molecule has 1 unspecified atom stereocenters. The van der Waals surface area contributed by atoms with Crippen LogP contribution >= 0.6 is 0 Å². The third-order valence-electron chi connectivity index (χ3n) is 5.91. The number of amidine groups is 1. The molecule has 2 spiro atoms. The van der Waals surface area contributed by atoms with Crippen molar-refractivity contribution < 1.29 is 0 Å². The Morgan fingerprint density at radius 3 is 2.36 bits per heavy atom. The molecule has 1 fully saturated rings. The third kappa shape index (κ3) is 1.57. The van der Waals surface area contributed by atoms with Gasteiger partial charge in [-0.2, -0.15) is 0 Å². The zero-order valence-corrected chi connectivity index (χ0v) is 14.0. The van der Waals surface area contributed by atoms with Gasteiger partial charge in [0.05, 0.1) is 5.71 Å². The van der Waals surface area contributed by atoms with Crippen molar-refractivity contribution in [1.29, 1.82) is 0 Å². The highest BCUT2D eigenvalue weighted by Crippen LogP contribution is 2.64. The van der Waals surface area contributed by atoms with E-state index >= 15 is 0 Å². The molecule has 0 amide bonds. The first-order valence-corrected chi connectivity index (χ1v) is 8.34. The molecule has 1 aromatic rings. The molecule has 1 atom stereocenters.